The highest BCUT2D eigenvalue weighted by Gasteiger charge is 2.51. The second kappa shape index (κ2) is 15.7. The number of hydrogen-bond donors (Lipinski definition) is 3. The normalized spacial score (nSPS) is 20.7. The summed E-state index contributed by atoms with van der Waals surface area (Å²) in [7, 11) is 3.05. The Morgan fingerprint density at radius 1 is 1.00 bits per heavy atom. The average Bonchev–Trinajstić information content (AvgIpc) is 4.04. The van der Waals surface area contributed by atoms with Crippen molar-refractivity contribution in [2.75, 3.05) is 39.1 Å². The highest BCUT2D eigenvalue weighted by Crippen LogP contribution is 2.51. The molecule has 3 N–H and O–H groups in total. The number of aryl methyl sites for hydroxylation is 1. The summed E-state index contributed by atoms with van der Waals surface area (Å²) in [5.41, 5.74) is -0.743. The molecule has 0 bridgehead atoms. The number of rotatable bonds is 14. The molecule has 16 heteroatoms. The first-order valence-corrected chi connectivity index (χ1v) is 17.5. The molecule has 51 heavy (non-hydrogen) atoms. The molecule has 3 aliphatic rings. The molecule has 0 radical (unpaired) electrons. The van der Waals surface area contributed by atoms with E-state index in [1.54, 1.807) is 0 Å². The third kappa shape index (κ3) is 8.88. The molecular weight excluding hydrogens is 674 g/mol. The second-order valence-corrected chi connectivity index (χ2v) is 14.0. The van der Waals surface area contributed by atoms with Crippen LogP contribution in [0.2, 0.25) is 0 Å². The second-order valence-electron chi connectivity index (χ2n) is 14.0. The Balaban J connectivity index is 1.43. The van der Waals surface area contributed by atoms with Crippen molar-refractivity contribution in [2.24, 2.45) is 17.8 Å². The number of nitrogens with zero attached hydrogens (tertiary/aromatic N) is 4. The number of methoxy groups -OCH3 is 1. The molecule has 2 heterocycles. The molecule has 4 amide bonds. The van der Waals surface area contributed by atoms with Gasteiger partial charge in [-0.25, -0.2) is 4.39 Å². The van der Waals surface area contributed by atoms with Gasteiger partial charge in [0.25, 0.3) is 5.91 Å². The zero-order valence-corrected chi connectivity index (χ0v) is 29.5. The van der Waals surface area contributed by atoms with E-state index >= 15 is 4.39 Å². The Morgan fingerprint density at radius 3 is 2.22 bits per heavy atom. The summed E-state index contributed by atoms with van der Waals surface area (Å²) in [5, 5.41) is 11.7. The van der Waals surface area contributed by atoms with Gasteiger partial charge in [0.15, 0.2) is 0 Å². The molecule has 1 aromatic carbocycles. The fourth-order valence-electron chi connectivity index (χ4n) is 6.94. The Bertz CT molecular complexity index is 1580. The third-order valence-corrected chi connectivity index (χ3v) is 10.4. The van der Waals surface area contributed by atoms with E-state index in [-0.39, 0.29) is 48.3 Å². The number of anilines is 1. The van der Waals surface area contributed by atoms with E-state index in [4.69, 9.17) is 4.74 Å². The van der Waals surface area contributed by atoms with Crippen molar-refractivity contribution in [3.8, 4) is 0 Å². The minimum atomic E-state index is -5.10. The summed E-state index contributed by atoms with van der Waals surface area (Å²) < 4.78 is 67.1. The van der Waals surface area contributed by atoms with Gasteiger partial charge in [0.05, 0.1) is 5.69 Å². The van der Waals surface area contributed by atoms with E-state index in [2.05, 4.69) is 21.0 Å². The predicted molar refractivity (Wildman–Crippen MR) is 179 cm³/mol. The van der Waals surface area contributed by atoms with Crippen LogP contribution in [0.25, 0.3) is 0 Å². The van der Waals surface area contributed by atoms with E-state index in [0.717, 1.165) is 37.8 Å². The summed E-state index contributed by atoms with van der Waals surface area (Å²) >= 11 is 0. The predicted octanol–water partition coefficient (Wildman–Crippen LogP) is 3.54. The first-order valence-electron chi connectivity index (χ1n) is 17.5. The number of likely N-dealkylation sites (N-methyl/N-ethyl adjacent to an activating group) is 1. The van der Waals surface area contributed by atoms with Gasteiger partial charge in [0, 0.05) is 45.5 Å². The largest absolute Gasteiger partial charge is 0.398 e. The van der Waals surface area contributed by atoms with E-state index in [9.17, 15) is 32.3 Å². The average molecular weight is 722 g/mol. The SMILES string of the molecule is CCn1nccc1C(=O)N[C@H](C(=O)Nc1ccc([C@H]([C@@H](NC(=O)[C@H](C)OC)C(=O)N2CCN(C)[C@H](C)C2)C(F)(F)F)cc1F)C(C1CC1)C1CC1. The van der Waals surface area contributed by atoms with Gasteiger partial charge in [0.2, 0.25) is 17.7 Å². The first-order chi connectivity index (χ1) is 24.1. The molecule has 0 spiro atoms. The zero-order chi connectivity index (χ0) is 37.2. The molecule has 1 aromatic heterocycles. The molecule has 5 atom stereocenters. The van der Waals surface area contributed by atoms with Crippen LogP contribution in [-0.4, -0.2) is 107 Å². The standard InChI is InChI=1S/C35H47F4N7O5/c1-6-46-26(13-14-40-46)32(48)42-29(27(21-7-8-21)22-9-10-22)33(49)41-25-12-11-23(17-24(25)36)28(35(37,38)39)30(43-31(47)20(3)51-5)34(50)45-16-15-44(4)19(2)18-45/h11-14,17,19-22,27-30H,6-10,15-16,18H2,1-5H3,(H,41,49)(H,42,48)(H,43,47)/t19-,20+,28-,29+,30-/m1/s1. The van der Waals surface area contributed by atoms with Crippen molar-refractivity contribution in [2.45, 2.75) is 89.3 Å². The van der Waals surface area contributed by atoms with Gasteiger partial charge in [0.1, 0.15) is 35.6 Å². The zero-order valence-electron chi connectivity index (χ0n) is 29.5. The lowest BCUT2D eigenvalue weighted by molar-refractivity contribution is -0.169. The Labute approximate surface area is 294 Å². The number of hydrogen-bond acceptors (Lipinski definition) is 7. The molecule has 2 saturated carbocycles. The molecular formula is C35H47F4N7O5. The Hall–Kier alpha value is -4.05. The third-order valence-electron chi connectivity index (χ3n) is 10.4. The molecule has 5 rings (SSSR count). The maximum Gasteiger partial charge on any atom is 0.398 e. The lowest BCUT2D eigenvalue weighted by atomic mass is 9.88. The van der Waals surface area contributed by atoms with Crippen LogP contribution in [0.15, 0.2) is 30.5 Å². The maximum absolute atomic E-state index is 15.8. The summed E-state index contributed by atoms with van der Waals surface area (Å²) in [6, 6.07) is 0.859. The van der Waals surface area contributed by atoms with Crippen molar-refractivity contribution < 1.29 is 41.5 Å². The highest BCUT2D eigenvalue weighted by molar-refractivity contribution is 6.01. The van der Waals surface area contributed by atoms with Crippen molar-refractivity contribution in [1.82, 2.24) is 30.2 Å². The van der Waals surface area contributed by atoms with Crippen LogP contribution in [-0.2, 0) is 25.7 Å². The number of aromatic nitrogens is 2. The van der Waals surface area contributed by atoms with Gasteiger partial charge in [-0.1, -0.05) is 6.07 Å². The number of nitrogens with one attached hydrogen (secondary N) is 3. The summed E-state index contributed by atoms with van der Waals surface area (Å²) in [5.74, 6) is -6.67. The number of amides is 4. The summed E-state index contributed by atoms with van der Waals surface area (Å²) in [6.07, 6.45) is -1.22. The van der Waals surface area contributed by atoms with Gasteiger partial charge < -0.3 is 30.5 Å². The Morgan fingerprint density at radius 2 is 1.67 bits per heavy atom. The first kappa shape index (κ1) is 38.2. The van der Waals surface area contributed by atoms with Crippen LogP contribution < -0.4 is 16.0 Å². The highest BCUT2D eigenvalue weighted by atomic mass is 19.4. The maximum atomic E-state index is 15.8. The number of benzene rings is 1. The molecule has 0 unspecified atom stereocenters. The molecule has 2 aromatic rings. The quantitative estimate of drug-likeness (QED) is 0.254. The minimum Gasteiger partial charge on any atom is -0.372 e. The summed E-state index contributed by atoms with van der Waals surface area (Å²) in [4.78, 5) is 57.0. The monoisotopic (exact) mass is 721 g/mol. The molecule has 2 aliphatic carbocycles. The number of carbonyl (C=O) groups is 4. The molecule has 1 aliphatic heterocycles. The van der Waals surface area contributed by atoms with Gasteiger partial charge in [-0.2, -0.15) is 18.3 Å². The van der Waals surface area contributed by atoms with Crippen LogP contribution in [0.5, 0.6) is 0 Å². The minimum absolute atomic E-state index is 0.132. The fraction of sp³-hybridized carbons (Fsp3) is 0.629. The van der Waals surface area contributed by atoms with Gasteiger partial charge in [-0.05, 0) is 95.0 Å². The topological polar surface area (TPSA) is 138 Å². The lowest BCUT2D eigenvalue weighted by Gasteiger charge is -2.40. The van der Waals surface area contributed by atoms with Crippen LogP contribution in [0.3, 0.4) is 0 Å². The molecule has 3 fully saturated rings. The van der Waals surface area contributed by atoms with Gasteiger partial charge >= 0.3 is 6.18 Å². The smallest absolute Gasteiger partial charge is 0.372 e. The van der Waals surface area contributed by atoms with E-state index < -0.39 is 65.3 Å². The van der Waals surface area contributed by atoms with Crippen molar-refractivity contribution in [1.29, 1.82) is 0 Å². The Kier molecular flexibility index (Phi) is 11.7. The molecule has 1 saturated heterocycles. The van der Waals surface area contributed by atoms with Crippen LogP contribution in [0.4, 0.5) is 23.2 Å². The molecule has 280 valence electrons. The van der Waals surface area contributed by atoms with E-state index in [1.807, 2.05) is 25.8 Å². The van der Waals surface area contributed by atoms with Crippen molar-refractivity contribution in [3.05, 3.63) is 47.5 Å². The van der Waals surface area contributed by atoms with Crippen LogP contribution in [0.1, 0.15) is 68.4 Å². The number of carbonyl (C=O) groups excluding carboxylic acids is 4. The lowest BCUT2D eigenvalue weighted by Crippen LogP contribution is -2.60. The van der Waals surface area contributed by atoms with Crippen molar-refractivity contribution in [3.63, 3.8) is 0 Å². The van der Waals surface area contributed by atoms with Gasteiger partial charge in [-0.3, -0.25) is 23.9 Å². The van der Waals surface area contributed by atoms with E-state index in [1.165, 1.54) is 35.9 Å². The number of ether oxygens (including phenoxy) is 1. The fourth-order valence-corrected chi connectivity index (χ4v) is 6.94. The van der Waals surface area contributed by atoms with Crippen LogP contribution in [0, 0.1) is 23.6 Å². The number of alkyl halides is 3. The van der Waals surface area contributed by atoms with E-state index in [0.29, 0.717) is 19.2 Å². The van der Waals surface area contributed by atoms with Crippen LogP contribution >= 0.6 is 0 Å². The number of piperazine rings is 1. The summed E-state index contributed by atoms with van der Waals surface area (Å²) in [6.45, 7) is 6.09. The van der Waals surface area contributed by atoms with Crippen molar-refractivity contribution >= 4 is 29.3 Å². The van der Waals surface area contributed by atoms with Gasteiger partial charge in [-0.15, -0.1) is 0 Å². The number of halogens is 4. The molecule has 12 nitrogen and oxygen atoms in total.